The zero-order valence-corrected chi connectivity index (χ0v) is 16.6. The van der Waals surface area contributed by atoms with Crippen molar-refractivity contribution in [2.75, 3.05) is 0 Å². The molecule has 2 N–H and O–H groups in total. The van der Waals surface area contributed by atoms with Gasteiger partial charge in [0.1, 0.15) is 5.75 Å². The van der Waals surface area contributed by atoms with Gasteiger partial charge in [-0.05, 0) is 29.3 Å². The van der Waals surface area contributed by atoms with Crippen molar-refractivity contribution >= 4 is 23.0 Å². The number of nitriles is 1. The van der Waals surface area contributed by atoms with E-state index in [1.165, 1.54) is 57.1 Å². The van der Waals surface area contributed by atoms with E-state index in [1.54, 1.807) is 12.1 Å². The molecule has 2 aromatic rings. The maximum atomic E-state index is 11.0. The van der Waals surface area contributed by atoms with Crippen molar-refractivity contribution in [1.82, 2.24) is 0 Å². The van der Waals surface area contributed by atoms with Crippen LogP contribution in [-0.2, 0) is 10.3 Å². The minimum Gasteiger partial charge on any atom is -0.371 e. The highest BCUT2D eigenvalue weighted by atomic mass is 32.2. The molecule has 3 rings (SSSR count). The van der Waals surface area contributed by atoms with Gasteiger partial charge in [0.05, 0.1) is 11.6 Å². The van der Waals surface area contributed by atoms with Gasteiger partial charge in [0, 0.05) is 0 Å². The Kier molecular flexibility index (Phi) is 6.76. The fourth-order valence-electron chi connectivity index (χ4n) is 3.75. The quantitative estimate of drug-likeness (QED) is 0.782. The lowest BCUT2D eigenvalue weighted by Gasteiger charge is -2.19. The first-order chi connectivity index (χ1) is 13.4. The molecule has 0 bridgehead atoms. The molecule has 0 aromatic heterocycles. The first-order valence-corrected chi connectivity index (χ1v) is 11.1. The summed E-state index contributed by atoms with van der Waals surface area (Å²) in [5.74, 6) is 0.716. The maximum absolute atomic E-state index is 11.0. The van der Waals surface area contributed by atoms with Crippen LogP contribution in [0.15, 0.2) is 42.5 Å². The highest BCUT2D eigenvalue weighted by Crippen LogP contribution is 2.28. The highest BCUT2D eigenvalue weighted by Gasteiger charge is 2.15. The zero-order valence-electron chi connectivity index (χ0n) is 15.8. The molecule has 0 heterocycles. The van der Waals surface area contributed by atoms with Crippen molar-refractivity contribution in [3.05, 3.63) is 48.0 Å². The fraction of sp³-hybridized carbons (Fsp3) is 0.381. The predicted octanol–water partition coefficient (Wildman–Crippen LogP) is 3.67. The molecule has 0 saturated heterocycles. The van der Waals surface area contributed by atoms with Gasteiger partial charge in [-0.1, -0.05) is 80.5 Å². The molecule has 1 aliphatic rings. The van der Waals surface area contributed by atoms with Gasteiger partial charge < -0.3 is 4.18 Å². The predicted molar refractivity (Wildman–Crippen MR) is 112 cm³/mol. The van der Waals surface area contributed by atoms with Crippen molar-refractivity contribution < 1.29 is 12.6 Å². The third-order valence-corrected chi connectivity index (χ3v) is 5.54. The summed E-state index contributed by atoms with van der Waals surface area (Å²) in [7, 11) is -1.73. The molecule has 2 aromatic carbocycles. The van der Waals surface area contributed by atoms with Crippen LogP contribution in [0.4, 0.5) is 0 Å². The Hall–Kier alpha value is -2.30. The van der Waals surface area contributed by atoms with Crippen molar-refractivity contribution in [1.29, 1.82) is 5.26 Å². The molecule has 1 radical (unpaired) electrons. The molecule has 7 heteroatoms. The van der Waals surface area contributed by atoms with Crippen LogP contribution in [0.1, 0.15) is 50.5 Å². The lowest BCUT2D eigenvalue weighted by molar-refractivity contribution is 0.488. The van der Waals surface area contributed by atoms with Gasteiger partial charge in [-0.15, -0.1) is 0 Å². The van der Waals surface area contributed by atoms with Crippen LogP contribution in [-0.4, -0.2) is 15.7 Å². The molecule has 1 aliphatic carbocycles. The van der Waals surface area contributed by atoms with E-state index >= 15 is 0 Å². The minimum absolute atomic E-state index is 0.141. The zero-order chi connectivity index (χ0) is 20.0. The average molecular weight is 395 g/mol. The van der Waals surface area contributed by atoms with Gasteiger partial charge in [0.25, 0.3) is 0 Å². The molecule has 0 unspecified atom stereocenters. The molecule has 0 spiro atoms. The number of rotatable bonds is 5. The van der Waals surface area contributed by atoms with Gasteiger partial charge in [-0.2, -0.15) is 18.8 Å². The van der Waals surface area contributed by atoms with Crippen molar-refractivity contribution in [2.45, 2.75) is 50.8 Å². The molecule has 0 atom stereocenters. The highest BCUT2D eigenvalue weighted by molar-refractivity contribution is 7.84. The Morgan fingerprint density at radius 1 is 1.00 bits per heavy atom. The van der Waals surface area contributed by atoms with E-state index in [0.717, 1.165) is 16.6 Å². The Balaban J connectivity index is 1.82. The van der Waals surface area contributed by atoms with Crippen LogP contribution < -0.4 is 14.8 Å². The second-order valence-corrected chi connectivity index (χ2v) is 8.44. The normalized spacial score (nSPS) is 15.9. The van der Waals surface area contributed by atoms with Crippen LogP contribution in [0.2, 0.25) is 5.82 Å². The smallest absolute Gasteiger partial charge is 0.371 e. The standard InChI is InChI=1S/C21H24BN2O3S/c23-15-17-8-11-19(22-18-6-4-2-1-3-5-7-18)14-21(17)16-9-12-20(13-10-16)27-28(24,25)26/h8-14,18H,1-7H2,(H2,24,25,26). The molecule has 1 saturated carbocycles. The van der Waals surface area contributed by atoms with E-state index in [1.807, 2.05) is 18.2 Å². The summed E-state index contributed by atoms with van der Waals surface area (Å²) in [6.45, 7) is 0. The Morgan fingerprint density at radius 2 is 1.64 bits per heavy atom. The lowest BCUT2D eigenvalue weighted by atomic mass is 9.55. The summed E-state index contributed by atoms with van der Waals surface area (Å²) in [6.07, 6.45) is 8.96. The molecule has 0 amide bonds. The third kappa shape index (κ3) is 5.85. The van der Waals surface area contributed by atoms with E-state index < -0.39 is 10.3 Å². The third-order valence-electron chi connectivity index (χ3n) is 5.12. The Morgan fingerprint density at radius 3 is 2.25 bits per heavy atom. The summed E-state index contributed by atoms with van der Waals surface area (Å²) in [6, 6.07) is 14.6. The molecule has 1 fully saturated rings. The topological polar surface area (TPSA) is 93.2 Å². The van der Waals surface area contributed by atoms with Crippen LogP contribution >= 0.6 is 0 Å². The molecular weight excluding hydrogens is 371 g/mol. The second-order valence-electron chi connectivity index (χ2n) is 7.29. The summed E-state index contributed by atoms with van der Waals surface area (Å²) in [4.78, 5) is 0. The minimum atomic E-state index is -4.05. The van der Waals surface area contributed by atoms with Crippen molar-refractivity contribution in [2.24, 2.45) is 5.14 Å². The van der Waals surface area contributed by atoms with Gasteiger partial charge >= 0.3 is 10.3 Å². The van der Waals surface area contributed by atoms with Crippen LogP contribution in [0.3, 0.4) is 0 Å². The van der Waals surface area contributed by atoms with Gasteiger partial charge in [0.15, 0.2) is 7.28 Å². The van der Waals surface area contributed by atoms with Gasteiger partial charge in [0.2, 0.25) is 0 Å². The Labute approximate surface area is 168 Å². The second kappa shape index (κ2) is 9.27. The Bertz CT molecular complexity index is 945. The summed E-state index contributed by atoms with van der Waals surface area (Å²) in [5, 5.41) is 14.4. The van der Waals surface area contributed by atoms with Crippen LogP contribution in [0, 0.1) is 11.3 Å². The van der Waals surface area contributed by atoms with Gasteiger partial charge in [-0.3, -0.25) is 0 Å². The largest absolute Gasteiger partial charge is 0.380 e. The summed E-state index contributed by atoms with van der Waals surface area (Å²) in [5.41, 5.74) is 3.34. The number of hydrogen-bond acceptors (Lipinski definition) is 4. The fourth-order valence-corrected chi connectivity index (χ4v) is 4.13. The number of nitrogens with zero attached hydrogens (tertiary/aromatic N) is 1. The van der Waals surface area contributed by atoms with E-state index in [0.29, 0.717) is 11.4 Å². The molecule has 28 heavy (non-hydrogen) atoms. The molecule has 0 aliphatic heterocycles. The number of hydrogen-bond donors (Lipinski definition) is 1. The molecular formula is C21H24BN2O3S. The van der Waals surface area contributed by atoms with E-state index in [9.17, 15) is 13.7 Å². The van der Waals surface area contributed by atoms with Crippen molar-refractivity contribution in [3.63, 3.8) is 0 Å². The number of benzene rings is 2. The average Bonchev–Trinajstić information content (AvgIpc) is 2.63. The first-order valence-electron chi connectivity index (χ1n) is 9.66. The van der Waals surface area contributed by atoms with Crippen LogP contribution in [0.5, 0.6) is 5.75 Å². The SMILES string of the molecule is N#Cc1ccc([B]C2CCCCCCC2)cc1-c1ccc(OS(N)(=O)=O)cc1. The first kappa shape index (κ1) is 20.4. The summed E-state index contributed by atoms with van der Waals surface area (Å²) < 4.78 is 26.8. The molecule has 5 nitrogen and oxygen atoms in total. The van der Waals surface area contributed by atoms with E-state index in [2.05, 4.69) is 17.5 Å². The summed E-state index contributed by atoms with van der Waals surface area (Å²) >= 11 is 0. The number of nitrogens with two attached hydrogens (primary N) is 1. The molecule has 145 valence electrons. The van der Waals surface area contributed by atoms with Gasteiger partial charge in [-0.25, -0.2) is 0 Å². The maximum Gasteiger partial charge on any atom is 0.380 e. The van der Waals surface area contributed by atoms with Crippen molar-refractivity contribution in [3.8, 4) is 22.9 Å². The van der Waals surface area contributed by atoms with E-state index in [-0.39, 0.29) is 5.75 Å². The van der Waals surface area contributed by atoms with E-state index in [4.69, 9.17) is 5.14 Å². The lowest BCUT2D eigenvalue weighted by Crippen LogP contribution is -2.21. The van der Waals surface area contributed by atoms with Crippen LogP contribution in [0.25, 0.3) is 11.1 Å². The monoisotopic (exact) mass is 395 g/mol.